The number of carboxylic acid groups (broad SMARTS) is 1. The fourth-order valence-electron chi connectivity index (χ4n) is 6.52. The van der Waals surface area contributed by atoms with Crippen LogP contribution >= 0.6 is 11.6 Å². The molecule has 2 heterocycles. The normalized spacial score (nSPS) is 18.6. The maximum atomic E-state index is 13.8. The second-order valence-corrected chi connectivity index (χ2v) is 12.1. The minimum absolute atomic E-state index is 0.0291. The van der Waals surface area contributed by atoms with E-state index in [1.54, 1.807) is 13.2 Å². The lowest BCUT2D eigenvalue weighted by Crippen LogP contribution is -2.35. The Morgan fingerprint density at radius 3 is 2.31 bits per heavy atom. The summed E-state index contributed by atoms with van der Waals surface area (Å²) in [4.78, 5) is 28.8. The van der Waals surface area contributed by atoms with Gasteiger partial charge in [-0.05, 0) is 71.5 Å². The van der Waals surface area contributed by atoms with Gasteiger partial charge in [-0.25, -0.2) is 0 Å². The van der Waals surface area contributed by atoms with Crippen molar-refractivity contribution in [3.8, 4) is 23.0 Å². The Morgan fingerprint density at radius 2 is 1.67 bits per heavy atom. The van der Waals surface area contributed by atoms with Crippen LogP contribution in [0, 0.1) is 5.92 Å². The number of hydrogen-bond donors (Lipinski definition) is 2. The predicted octanol–water partition coefficient (Wildman–Crippen LogP) is 5.72. The topological polar surface area (TPSA) is 125 Å². The van der Waals surface area contributed by atoms with E-state index in [-0.39, 0.29) is 19.2 Å². The first-order valence-electron chi connectivity index (χ1n) is 16.1. The van der Waals surface area contributed by atoms with Gasteiger partial charge in [0.25, 0.3) is 0 Å². The van der Waals surface area contributed by atoms with Crippen LogP contribution in [-0.4, -0.2) is 82.4 Å². The molecule has 1 amide bonds. The van der Waals surface area contributed by atoms with E-state index in [4.69, 9.17) is 40.0 Å². The van der Waals surface area contributed by atoms with Gasteiger partial charge in [-0.3, -0.25) is 14.5 Å². The van der Waals surface area contributed by atoms with Gasteiger partial charge in [0.05, 0.1) is 39.4 Å². The molecule has 0 spiro atoms. The number of nitrogens with zero attached hydrogens (tertiary/aromatic N) is 1. The summed E-state index contributed by atoms with van der Waals surface area (Å²) in [6, 6.07) is 14.1. The molecular weight excluding hydrogens is 640 g/mol. The van der Waals surface area contributed by atoms with Crippen molar-refractivity contribution in [1.82, 2.24) is 4.90 Å². The van der Waals surface area contributed by atoms with Gasteiger partial charge < -0.3 is 38.8 Å². The van der Waals surface area contributed by atoms with Crippen molar-refractivity contribution < 1.29 is 43.1 Å². The molecule has 0 saturated carbocycles. The number of rotatable bonds is 16. The van der Waals surface area contributed by atoms with Crippen molar-refractivity contribution in [1.29, 1.82) is 0 Å². The molecule has 258 valence electrons. The summed E-state index contributed by atoms with van der Waals surface area (Å²) in [5.41, 5.74) is 4.12. The number of aliphatic carboxylic acids is 1. The molecule has 2 aliphatic rings. The molecular formula is C36H43ClN2O9. The third-order valence-electron chi connectivity index (χ3n) is 8.78. The van der Waals surface area contributed by atoms with E-state index >= 15 is 0 Å². The van der Waals surface area contributed by atoms with Gasteiger partial charge in [-0.15, -0.1) is 0 Å². The molecule has 1 saturated heterocycles. The number of halogens is 1. The number of aryl methyl sites for hydroxylation is 2. The maximum Gasteiger partial charge on any atom is 0.309 e. The molecule has 0 aliphatic carbocycles. The van der Waals surface area contributed by atoms with Crippen LogP contribution in [0.3, 0.4) is 0 Å². The van der Waals surface area contributed by atoms with Crippen LogP contribution in [0.25, 0.3) is 0 Å². The number of benzene rings is 3. The number of anilines is 1. The van der Waals surface area contributed by atoms with Crippen molar-refractivity contribution in [2.24, 2.45) is 5.92 Å². The fraction of sp³-hybridized carbons (Fsp3) is 0.444. The summed E-state index contributed by atoms with van der Waals surface area (Å²) in [7, 11) is 3.15. The van der Waals surface area contributed by atoms with E-state index in [1.807, 2.05) is 61.2 Å². The average Bonchev–Trinajstić information content (AvgIpc) is 3.72. The number of carbonyl (C=O) groups excluding carboxylic acids is 1. The monoisotopic (exact) mass is 682 g/mol. The number of amides is 1. The molecule has 1 fully saturated rings. The lowest BCUT2D eigenvalue weighted by Gasteiger charge is -2.27. The minimum Gasteiger partial charge on any atom is -0.493 e. The van der Waals surface area contributed by atoms with Gasteiger partial charge in [0.2, 0.25) is 18.4 Å². The van der Waals surface area contributed by atoms with E-state index < -0.39 is 23.8 Å². The summed E-state index contributed by atoms with van der Waals surface area (Å²) in [6.07, 6.45) is 1.39. The maximum absolute atomic E-state index is 13.8. The van der Waals surface area contributed by atoms with Crippen LogP contribution in [0.1, 0.15) is 48.1 Å². The van der Waals surface area contributed by atoms with E-state index in [0.29, 0.717) is 73.8 Å². The number of hydrogen-bond acceptors (Lipinski definition) is 9. The molecule has 3 aromatic rings. The summed E-state index contributed by atoms with van der Waals surface area (Å²) in [6.45, 7) is 6.11. The molecule has 3 atom stereocenters. The number of nitrogens with one attached hydrogen (secondary N) is 1. The number of likely N-dealkylation sites (tertiary alicyclic amines) is 1. The van der Waals surface area contributed by atoms with Crippen molar-refractivity contribution in [2.75, 3.05) is 65.8 Å². The fourth-order valence-corrected chi connectivity index (χ4v) is 6.79. The summed E-state index contributed by atoms with van der Waals surface area (Å²) in [5.74, 6) is -0.524. The number of fused-ring (bicyclic) bond motifs is 1. The number of methoxy groups -OCH3 is 2. The highest BCUT2D eigenvalue weighted by Crippen LogP contribution is 2.50. The lowest BCUT2D eigenvalue weighted by atomic mass is 9.82. The second-order valence-electron chi connectivity index (χ2n) is 11.7. The smallest absolute Gasteiger partial charge is 0.309 e. The Labute approximate surface area is 286 Å². The van der Waals surface area contributed by atoms with Crippen LogP contribution < -0.4 is 24.3 Å². The molecule has 2 aliphatic heterocycles. The molecule has 5 rings (SSSR count). The quantitative estimate of drug-likeness (QED) is 0.181. The average molecular weight is 683 g/mol. The van der Waals surface area contributed by atoms with Gasteiger partial charge in [-0.2, -0.15) is 0 Å². The van der Waals surface area contributed by atoms with Crippen molar-refractivity contribution in [3.63, 3.8) is 0 Å². The number of ether oxygens (including phenoxy) is 6. The van der Waals surface area contributed by atoms with Crippen LogP contribution in [-0.2, 0) is 31.9 Å². The summed E-state index contributed by atoms with van der Waals surface area (Å²) in [5, 5.41) is 14.5. The van der Waals surface area contributed by atoms with Gasteiger partial charge in [0, 0.05) is 36.3 Å². The number of carbonyl (C=O) groups is 2. The molecule has 12 heteroatoms. The van der Waals surface area contributed by atoms with E-state index in [0.717, 1.165) is 27.9 Å². The highest BCUT2D eigenvalue weighted by atomic mass is 35.5. The third-order valence-corrected chi connectivity index (χ3v) is 9.00. The molecule has 2 N–H and O–H groups in total. The zero-order valence-corrected chi connectivity index (χ0v) is 28.5. The Bertz CT molecular complexity index is 1560. The Kier molecular flexibility index (Phi) is 12.0. The molecule has 3 aromatic carbocycles. The van der Waals surface area contributed by atoms with Crippen LogP contribution in [0.5, 0.6) is 23.0 Å². The molecule has 48 heavy (non-hydrogen) atoms. The van der Waals surface area contributed by atoms with Crippen molar-refractivity contribution in [3.05, 3.63) is 75.8 Å². The van der Waals surface area contributed by atoms with Crippen LogP contribution in [0.4, 0.5) is 5.69 Å². The SMILES string of the molecule is CCc1cc(Cl)cc(CC)c1NC(=O)CN1C[C@H](c2cc(OC)c3c(c2)OCO3)C(C(=O)O)[C@@H]1c1ccc(OCCOCCOC)cc1. The highest BCUT2D eigenvalue weighted by molar-refractivity contribution is 6.30. The van der Waals surface area contributed by atoms with E-state index in [9.17, 15) is 14.7 Å². The van der Waals surface area contributed by atoms with Gasteiger partial charge in [0.1, 0.15) is 12.4 Å². The number of carboxylic acids is 1. The predicted molar refractivity (Wildman–Crippen MR) is 181 cm³/mol. The van der Waals surface area contributed by atoms with Gasteiger partial charge in [0.15, 0.2) is 11.5 Å². The highest BCUT2D eigenvalue weighted by Gasteiger charge is 2.48. The largest absolute Gasteiger partial charge is 0.493 e. The van der Waals surface area contributed by atoms with Crippen LogP contribution in [0.2, 0.25) is 5.02 Å². The first kappa shape index (κ1) is 35.3. The standard InChI is InChI=1S/C36H43ClN2O9/c1-5-22-15-26(37)16-23(6-2)33(22)38-31(40)20-39-19-28(25-17-29(44-4)35-30(18-25)47-21-48-35)32(36(41)42)34(39)24-7-9-27(10-8-24)46-14-13-45-12-11-43-3/h7-10,15-18,28,32,34H,5-6,11-14,19-21H2,1-4H3,(H,38,40)(H,41,42)/t28-,32?,34+/m1/s1. The first-order chi connectivity index (χ1) is 23.3. The van der Waals surface area contributed by atoms with Crippen molar-refractivity contribution >= 4 is 29.2 Å². The summed E-state index contributed by atoms with van der Waals surface area (Å²) >= 11 is 6.36. The second kappa shape index (κ2) is 16.4. The first-order valence-corrected chi connectivity index (χ1v) is 16.5. The van der Waals surface area contributed by atoms with Crippen LogP contribution in [0.15, 0.2) is 48.5 Å². The molecule has 0 aromatic heterocycles. The molecule has 0 radical (unpaired) electrons. The van der Waals surface area contributed by atoms with Crippen molar-refractivity contribution in [2.45, 2.75) is 38.6 Å². The Hall–Kier alpha value is -4.03. The summed E-state index contributed by atoms with van der Waals surface area (Å²) < 4.78 is 33.1. The molecule has 11 nitrogen and oxygen atoms in total. The molecule has 0 bridgehead atoms. The van der Waals surface area contributed by atoms with E-state index in [1.165, 1.54) is 7.11 Å². The Morgan fingerprint density at radius 1 is 0.958 bits per heavy atom. The third kappa shape index (κ3) is 7.98. The molecule has 1 unspecified atom stereocenters. The zero-order valence-electron chi connectivity index (χ0n) is 27.8. The van der Waals surface area contributed by atoms with Gasteiger partial charge >= 0.3 is 5.97 Å². The van der Waals surface area contributed by atoms with E-state index in [2.05, 4.69) is 5.32 Å². The Balaban J connectivity index is 1.44. The lowest BCUT2D eigenvalue weighted by molar-refractivity contribution is -0.143. The minimum atomic E-state index is -0.975. The zero-order chi connectivity index (χ0) is 34.2. The van der Waals surface area contributed by atoms with Gasteiger partial charge in [-0.1, -0.05) is 37.6 Å².